The molecule has 0 aliphatic heterocycles. The summed E-state index contributed by atoms with van der Waals surface area (Å²) in [6, 6.07) is 10.4. The van der Waals surface area contributed by atoms with Crippen molar-refractivity contribution in [1.82, 2.24) is 4.57 Å². The summed E-state index contributed by atoms with van der Waals surface area (Å²) < 4.78 is 7.65. The van der Waals surface area contributed by atoms with Crippen LogP contribution < -0.4 is 5.32 Å². The molecular formula is C25H32N2O3. The van der Waals surface area contributed by atoms with Crippen LogP contribution in [0.25, 0.3) is 6.08 Å². The minimum Gasteiger partial charge on any atom is -0.449 e. The Bertz CT molecular complexity index is 953. The number of hydrogen-bond donors (Lipinski definition) is 1. The van der Waals surface area contributed by atoms with Gasteiger partial charge in [0.2, 0.25) is 0 Å². The van der Waals surface area contributed by atoms with Crippen molar-refractivity contribution in [2.24, 2.45) is 0 Å². The van der Waals surface area contributed by atoms with Crippen molar-refractivity contribution < 1.29 is 14.3 Å². The highest BCUT2D eigenvalue weighted by atomic mass is 16.5. The highest BCUT2D eigenvalue weighted by Gasteiger charge is 2.26. The predicted octanol–water partition coefficient (Wildman–Crippen LogP) is 5.54. The fraction of sp³-hybridized carbons (Fsp3) is 0.440. The molecule has 0 radical (unpaired) electrons. The monoisotopic (exact) mass is 408 g/mol. The van der Waals surface area contributed by atoms with Crippen LogP contribution in [0.5, 0.6) is 0 Å². The smallest absolute Gasteiger partial charge is 0.331 e. The molecule has 1 aromatic heterocycles. The molecule has 1 N–H and O–H groups in total. The highest BCUT2D eigenvalue weighted by molar-refractivity contribution is 5.97. The van der Waals surface area contributed by atoms with Crippen LogP contribution in [0.1, 0.15) is 74.5 Å². The molecule has 1 aromatic carbocycles. The van der Waals surface area contributed by atoms with Crippen molar-refractivity contribution in [2.45, 2.75) is 71.9 Å². The first kappa shape index (κ1) is 21.9. The van der Waals surface area contributed by atoms with Crippen molar-refractivity contribution in [3.63, 3.8) is 0 Å². The number of aromatic nitrogens is 1. The summed E-state index contributed by atoms with van der Waals surface area (Å²) in [7, 11) is 0. The average Bonchev–Trinajstić information content (AvgIpc) is 3.51. The summed E-state index contributed by atoms with van der Waals surface area (Å²) in [4.78, 5) is 24.8. The van der Waals surface area contributed by atoms with Crippen LogP contribution in [0.15, 0.2) is 36.4 Å². The number of amides is 1. The Hall–Kier alpha value is -2.82. The lowest BCUT2D eigenvalue weighted by atomic mass is 9.97. The maximum Gasteiger partial charge on any atom is 0.331 e. The van der Waals surface area contributed by atoms with E-state index in [0.29, 0.717) is 12.0 Å². The first-order valence-electron chi connectivity index (χ1n) is 10.8. The third-order valence-corrected chi connectivity index (χ3v) is 5.86. The van der Waals surface area contributed by atoms with E-state index in [0.717, 1.165) is 28.9 Å². The summed E-state index contributed by atoms with van der Waals surface area (Å²) in [5, 5.41) is 2.90. The van der Waals surface area contributed by atoms with Gasteiger partial charge in [-0.3, -0.25) is 4.79 Å². The summed E-state index contributed by atoms with van der Waals surface area (Å²) in [5.41, 5.74) is 5.22. The number of carbonyl (C=O) groups is 2. The second-order valence-electron chi connectivity index (χ2n) is 8.23. The fourth-order valence-corrected chi connectivity index (χ4v) is 3.79. The number of nitrogens with zero attached hydrogens (tertiary/aromatic N) is 1. The van der Waals surface area contributed by atoms with Gasteiger partial charge in [-0.15, -0.1) is 0 Å². The highest BCUT2D eigenvalue weighted by Crippen LogP contribution is 2.38. The van der Waals surface area contributed by atoms with Gasteiger partial charge < -0.3 is 14.6 Å². The topological polar surface area (TPSA) is 60.3 Å². The van der Waals surface area contributed by atoms with Crippen molar-refractivity contribution >= 4 is 23.6 Å². The molecule has 1 heterocycles. The predicted molar refractivity (Wildman–Crippen MR) is 121 cm³/mol. The van der Waals surface area contributed by atoms with Crippen LogP contribution in [0.4, 0.5) is 5.69 Å². The average molecular weight is 409 g/mol. The quantitative estimate of drug-likeness (QED) is 0.461. The Labute approximate surface area is 179 Å². The Morgan fingerprint density at radius 2 is 1.93 bits per heavy atom. The molecule has 5 heteroatoms. The zero-order chi connectivity index (χ0) is 21.8. The van der Waals surface area contributed by atoms with Gasteiger partial charge in [-0.2, -0.15) is 0 Å². The lowest BCUT2D eigenvalue weighted by Gasteiger charge is -2.17. The molecule has 0 spiro atoms. The molecule has 0 saturated heterocycles. The molecule has 1 aliphatic carbocycles. The van der Waals surface area contributed by atoms with Gasteiger partial charge in [0.25, 0.3) is 5.91 Å². The van der Waals surface area contributed by atoms with Crippen molar-refractivity contribution in [2.75, 3.05) is 5.32 Å². The Kier molecular flexibility index (Phi) is 6.80. The second-order valence-corrected chi connectivity index (χ2v) is 8.23. The number of anilines is 1. The molecule has 0 bridgehead atoms. The summed E-state index contributed by atoms with van der Waals surface area (Å²) in [6.07, 6.45) is 5.69. The first-order chi connectivity index (χ1) is 14.3. The van der Waals surface area contributed by atoms with Gasteiger partial charge in [0.15, 0.2) is 6.10 Å². The zero-order valence-corrected chi connectivity index (χ0v) is 18.6. The molecule has 3 rings (SSSR count). The third-order valence-electron chi connectivity index (χ3n) is 5.86. The third kappa shape index (κ3) is 5.02. The van der Waals surface area contributed by atoms with E-state index in [9.17, 15) is 9.59 Å². The first-order valence-corrected chi connectivity index (χ1v) is 10.8. The minimum absolute atomic E-state index is 0.330. The number of benzene rings is 1. The van der Waals surface area contributed by atoms with E-state index in [1.165, 1.54) is 24.6 Å². The van der Waals surface area contributed by atoms with E-state index in [1.807, 2.05) is 24.3 Å². The van der Waals surface area contributed by atoms with Gasteiger partial charge in [-0.1, -0.05) is 32.0 Å². The maximum absolute atomic E-state index is 12.6. The van der Waals surface area contributed by atoms with Gasteiger partial charge in [0.1, 0.15) is 0 Å². The van der Waals surface area contributed by atoms with Crippen LogP contribution in [-0.2, 0) is 14.3 Å². The number of ether oxygens (including phenoxy) is 1. The molecule has 160 valence electrons. The van der Waals surface area contributed by atoms with Gasteiger partial charge in [0.05, 0.1) is 0 Å². The molecular weight excluding hydrogens is 376 g/mol. The van der Waals surface area contributed by atoms with Crippen LogP contribution in [-0.4, -0.2) is 22.5 Å². The largest absolute Gasteiger partial charge is 0.449 e. The number of aryl methyl sites for hydroxylation is 1. The van der Waals surface area contributed by atoms with E-state index in [1.54, 1.807) is 13.0 Å². The van der Waals surface area contributed by atoms with Crippen molar-refractivity contribution in [3.05, 3.63) is 58.9 Å². The van der Waals surface area contributed by atoms with Crippen LogP contribution in [0, 0.1) is 13.8 Å². The number of esters is 1. The fourth-order valence-electron chi connectivity index (χ4n) is 3.79. The molecule has 1 aliphatic rings. The standard InChI is InChI=1S/C25H32N2O3/c1-6-16(2)22-9-7-8-10-23(22)26-25(29)19(5)30-24(28)14-11-20-15-17(3)27(18(20)4)21-12-13-21/h7-11,14-16,19,21H,6,12-13H2,1-5H3,(H,26,29)/b14-11+/t16-,19-/m1/s1. The molecule has 2 atom stereocenters. The molecule has 5 nitrogen and oxygen atoms in total. The summed E-state index contributed by atoms with van der Waals surface area (Å²) in [6.45, 7) is 9.99. The van der Waals surface area contributed by atoms with Crippen LogP contribution in [0.3, 0.4) is 0 Å². The van der Waals surface area contributed by atoms with E-state index in [4.69, 9.17) is 4.74 Å². The number of para-hydroxylation sites is 1. The summed E-state index contributed by atoms with van der Waals surface area (Å²) >= 11 is 0. The van der Waals surface area contributed by atoms with Gasteiger partial charge in [0, 0.05) is 29.2 Å². The lowest BCUT2D eigenvalue weighted by molar-refractivity contribution is -0.148. The SMILES string of the molecule is CC[C@@H](C)c1ccccc1NC(=O)[C@@H](C)OC(=O)/C=C/c1cc(C)n(C2CC2)c1C. The molecule has 2 aromatic rings. The Morgan fingerprint density at radius 1 is 1.23 bits per heavy atom. The number of rotatable bonds is 8. The number of hydrogen-bond acceptors (Lipinski definition) is 3. The van der Waals surface area contributed by atoms with E-state index < -0.39 is 12.1 Å². The van der Waals surface area contributed by atoms with Crippen LogP contribution in [0.2, 0.25) is 0 Å². The number of nitrogens with one attached hydrogen (secondary N) is 1. The molecule has 0 unspecified atom stereocenters. The normalized spacial score (nSPS) is 15.8. The Morgan fingerprint density at radius 3 is 2.60 bits per heavy atom. The zero-order valence-electron chi connectivity index (χ0n) is 18.6. The van der Waals surface area contributed by atoms with Gasteiger partial charge in [-0.25, -0.2) is 4.79 Å². The Balaban J connectivity index is 1.60. The van der Waals surface area contributed by atoms with Crippen LogP contribution >= 0.6 is 0 Å². The summed E-state index contributed by atoms with van der Waals surface area (Å²) in [5.74, 6) is -0.527. The second kappa shape index (κ2) is 9.33. The number of carbonyl (C=O) groups excluding carboxylic acids is 2. The molecule has 1 fully saturated rings. The molecule has 1 saturated carbocycles. The van der Waals surface area contributed by atoms with Crippen molar-refractivity contribution in [1.29, 1.82) is 0 Å². The maximum atomic E-state index is 12.6. The van der Waals surface area contributed by atoms with Gasteiger partial charge >= 0.3 is 5.97 Å². The molecule has 1 amide bonds. The molecule has 30 heavy (non-hydrogen) atoms. The minimum atomic E-state index is -0.883. The van der Waals surface area contributed by atoms with Crippen molar-refractivity contribution in [3.8, 4) is 0 Å². The van der Waals surface area contributed by atoms with Gasteiger partial charge in [-0.05, 0) is 75.3 Å². The van der Waals surface area contributed by atoms with E-state index >= 15 is 0 Å². The van der Waals surface area contributed by atoms with E-state index in [2.05, 4.69) is 43.6 Å². The lowest BCUT2D eigenvalue weighted by Crippen LogP contribution is -2.29. The van der Waals surface area contributed by atoms with E-state index in [-0.39, 0.29) is 5.91 Å².